The van der Waals surface area contributed by atoms with Gasteiger partial charge in [0.25, 0.3) is 0 Å². The minimum Gasteiger partial charge on any atom is -0.299 e. The molecule has 1 aromatic rings. The van der Waals surface area contributed by atoms with Gasteiger partial charge >= 0.3 is 0 Å². The fourth-order valence-corrected chi connectivity index (χ4v) is 1.02. The van der Waals surface area contributed by atoms with Crippen LogP contribution in [-0.4, -0.2) is 12.1 Å². The van der Waals surface area contributed by atoms with Crippen molar-refractivity contribution < 1.29 is 9.59 Å². The molecule has 3 heteroatoms. The molecule has 0 aliphatic heterocycles. The van der Waals surface area contributed by atoms with Crippen molar-refractivity contribution >= 4 is 23.7 Å². The zero-order valence-electron chi connectivity index (χ0n) is 6.74. The minimum atomic E-state index is -0.339. The summed E-state index contributed by atoms with van der Waals surface area (Å²) in [7, 11) is 0. The Hall–Kier alpha value is -1.41. The van der Waals surface area contributed by atoms with Gasteiger partial charge in [0.2, 0.25) is 5.78 Å². The molecular weight excluding hydrogens is 188 g/mol. The predicted octanol–water partition coefficient (Wildman–Crippen LogP) is 2.19. The van der Waals surface area contributed by atoms with E-state index in [0.29, 0.717) is 11.8 Å². The summed E-state index contributed by atoms with van der Waals surface area (Å²) in [6.07, 6.45) is 1.53. The van der Waals surface area contributed by atoms with E-state index in [1.54, 1.807) is 30.3 Å². The SMILES string of the molecule is O=C/C=C(/Cl)C(=O)c1ccccc1. The van der Waals surface area contributed by atoms with Crippen molar-refractivity contribution in [1.29, 1.82) is 0 Å². The van der Waals surface area contributed by atoms with Crippen LogP contribution in [0.1, 0.15) is 10.4 Å². The number of ketones is 1. The molecule has 0 saturated carbocycles. The van der Waals surface area contributed by atoms with Crippen LogP contribution in [0.4, 0.5) is 0 Å². The fourth-order valence-electron chi connectivity index (χ4n) is 0.863. The molecule has 0 spiro atoms. The van der Waals surface area contributed by atoms with Crippen LogP contribution < -0.4 is 0 Å². The molecule has 0 aromatic heterocycles. The summed E-state index contributed by atoms with van der Waals surface area (Å²) in [4.78, 5) is 21.4. The second-order valence-corrected chi connectivity index (χ2v) is 2.75. The van der Waals surface area contributed by atoms with Gasteiger partial charge in [-0.1, -0.05) is 41.9 Å². The van der Waals surface area contributed by atoms with E-state index >= 15 is 0 Å². The summed E-state index contributed by atoms with van der Waals surface area (Å²) < 4.78 is 0. The normalized spacial score (nSPS) is 11.0. The number of allylic oxidation sites excluding steroid dienone is 2. The van der Waals surface area contributed by atoms with Crippen molar-refractivity contribution in [2.24, 2.45) is 0 Å². The number of carbonyl (C=O) groups excluding carboxylic acids is 2. The topological polar surface area (TPSA) is 34.1 Å². The van der Waals surface area contributed by atoms with Crippen molar-refractivity contribution in [2.45, 2.75) is 0 Å². The standard InChI is InChI=1S/C10H7ClO2/c11-9(6-7-12)10(13)8-4-2-1-3-5-8/h1-7H/b9-6+. The Morgan fingerprint density at radius 2 is 1.85 bits per heavy atom. The maximum atomic E-state index is 11.4. The van der Waals surface area contributed by atoms with Gasteiger partial charge in [-0.3, -0.25) is 9.59 Å². The predicted molar refractivity (Wildman–Crippen MR) is 50.8 cm³/mol. The van der Waals surface area contributed by atoms with E-state index in [9.17, 15) is 9.59 Å². The molecule has 0 unspecified atom stereocenters. The van der Waals surface area contributed by atoms with Crippen LogP contribution in [-0.2, 0) is 4.79 Å². The van der Waals surface area contributed by atoms with Crippen molar-refractivity contribution in [3.05, 3.63) is 47.0 Å². The first-order valence-corrected chi connectivity index (χ1v) is 4.04. The number of hydrogen-bond donors (Lipinski definition) is 0. The Kier molecular flexibility index (Phi) is 3.41. The third-order valence-corrected chi connectivity index (χ3v) is 1.76. The van der Waals surface area contributed by atoms with E-state index in [4.69, 9.17) is 11.6 Å². The molecule has 0 aliphatic carbocycles. The largest absolute Gasteiger partial charge is 0.299 e. The number of rotatable bonds is 3. The van der Waals surface area contributed by atoms with Crippen LogP contribution in [0.2, 0.25) is 0 Å². The second-order valence-electron chi connectivity index (χ2n) is 2.35. The van der Waals surface area contributed by atoms with E-state index < -0.39 is 0 Å². The summed E-state index contributed by atoms with van der Waals surface area (Å²) in [6.45, 7) is 0. The second kappa shape index (κ2) is 4.58. The highest BCUT2D eigenvalue weighted by Crippen LogP contribution is 2.10. The minimum absolute atomic E-state index is 0.0683. The Balaban J connectivity index is 2.92. The molecular formula is C10H7ClO2. The fraction of sp³-hybridized carbons (Fsp3) is 0. The van der Waals surface area contributed by atoms with E-state index in [-0.39, 0.29) is 10.8 Å². The lowest BCUT2D eigenvalue weighted by atomic mass is 10.1. The number of carbonyl (C=O) groups is 2. The van der Waals surface area contributed by atoms with Crippen molar-refractivity contribution in [2.75, 3.05) is 0 Å². The molecule has 0 radical (unpaired) electrons. The monoisotopic (exact) mass is 194 g/mol. The van der Waals surface area contributed by atoms with Crippen molar-refractivity contribution in [1.82, 2.24) is 0 Å². The molecule has 1 rings (SSSR count). The summed E-state index contributed by atoms with van der Waals surface area (Å²) in [5.74, 6) is -0.339. The quantitative estimate of drug-likeness (QED) is 0.420. The van der Waals surface area contributed by atoms with Gasteiger partial charge in [0.1, 0.15) is 6.29 Å². The summed E-state index contributed by atoms with van der Waals surface area (Å²) >= 11 is 5.55. The molecule has 2 nitrogen and oxygen atoms in total. The van der Waals surface area contributed by atoms with Crippen LogP contribution in [0.5, 0.6) is 0 Å². The zero-order chi connectivity index (χ0) is 9.68. The molecule has 0 aliphatic rings. The highest BCUT2D eigenvalue weighted by molar-refractivity contribution is 6.45. The molecule has 13 heavy (non-hydrogen) atoms. The number of benzene rings is 1. The smallest absolute Gasteiger partial charge is 0.204 e. The first kappa shape index (κ1) is 9.68. The first-order valence-electron chi connectivity index (χ1n) is 3.66. The molecule has 0 saturated heterocycles. The highest BCUT2D eigenvalue weighted by Gasteiger charge is 2.07. The van der Waals surface area contributed by atoms with E-state index in [2.05, 4.69) is 0 Å². The molecule has 0 N–H and O–H groups in total. The Morgan fingerprint density at radius 1 is 1.23 bits per heavy atom. The van der Waals surface area contributed by atoms with E-state index in [0.717, 1.165) is 6.08 Å². The van der Waals surface area contributed by atoms with E-state index in [1.165, 1.54) is 0 Å². The molecule has 0 amide bonds. The van der Waals surface area contributed by atoms with Crippen molar-refractivity contribution in [3.8, 4) is 0 Å². The van der Waals surface area contributed by atoms with Gasteiger partial charge in [0, 0.05) is 11.6 Å². The van der Waals surface area contributed by atoms with Gasteiger partial charge < -0.3 is 0 Å². The van der Waals surface area contributed by atoms with E-state index in [1.807, 2.05) is 0 Å². The maximum absolute atomic E-state index is 11.4. The lowest BCUT2D eigenvalue weighted by Gasteiger charge is -1.96. The van der Waals surface area contributed by atoms with Gasteiger partial charge in [0.15, 0.2) is 0 Å². The lowest BCUT2D eigenvalue weighted by Crippen LogP contribution is -1.98. The third kappa shape index (κ3) is 2.53. The molecule has 0 heterocycles. The Labute approximate surface area is 80.8 Å². The summed E-state index contributed by atoms with van der Waals surface area (Å²) in [5.41, 5.74) is 0.477. The average Bonchev–Trinajstić information content (AvgIpc) is 2.18. The lowest BCUT2D eigenvalue weighted by molar-refractivity contribution is -0.104. The number of hydrogen-bond acceptors (Lipinski definition) is 2. The zero-order valence-corrected chi connectivity index (χ0v) is 7.49. The summed E-state index contributed by atoms with van der Waals surface area (Å²) in [5, 5.41) is -0.0683. The number of aldehydes is 1. The molecule has 1 aromatic carbocycles. The van der Waals surface area contributed by atoms with Gasteiger partial charge in [0.05, 0.1) is 5.03 Å². The first-order chi connectivity index (χ1) is 6.25. The van der Waals surface area contributed by atoms with Crippen LogP contribution in [0.3, 0.4) is 0 Å². The molecule has 66 valence electrons. The van der Waals surface area contributed by atoms with Gasteiger partial charge in [-0.25, -0.2) is 0 Å². The molecule has 0 bridgehead atoms. The molecule has 0 fully saturated rings. The number of Topliss-reactive ketones (excluding diaryl/α,β-unsaturated/α-hetero) is 1. The van der Waals surface area contributed by atoms with Crippen LogP contribution in [0.15, 0.2) is 41.4 Å². The number of halogens is 1. The summed E-state index contributed by atoms with van der Waals surface area (Å²) in [6, 6.07) is 8.55. The Bertz CT molecular complexity index is 341. The average molecular weight is 195 g/mol. The van der Waals surface area contributed by atoms with Crippen molar-refractivity contribution in [3.63, 3.8) is 0 Å². The molecule has 0 atom stereocenters. The Morgan fingerprint density at radius 3 is 2.38 bits per heavy atom. The van der Waals surface area contributed by atoms with Crippen LogP contribution in [0.25, 0.3) is 0 Å². The highest BCUT2D eigenvalue weighted by atomic mass is 35.5. The van der Waals surface area contributed by atoms with Gasteiger partial charge in [-0.15, -0.1) is 0 Å². The van der Waals surface area contributed by atoms with Crippen LogP contribution >= 0.6 is 11.6 Å². The van der Waals surface area contributed by atoms with Gasteiger partial charge in [-0.2, -0.15) is 0 Å². The van der Waals surface area contributed by atoms with Gasteiger partial charge in [-0.05, 0) is 0 Å². The third-order valence-electron chi connectivity index (χ3n) is 1.47. The maximum Gasteiger partial charge on any atom is 0.204 e. The van der Waals surface area contributed by atoms with Crippen LogP contribution in [0, 0.1) is 0 Å².